The van der Waals surface area contributed by atoms with Crippen LogP contribution in [0.5, 0.6) is 0 Å². The molecular formula is C18H30Cl2N4O2. The molecule has 0 saturated carbocycles. The summed E-state index contributed by atoms with van der Waals surface area (Å²) in [7, 11) is 4.01. The number of amides is 2. The summed E-state index contributed by atoms with van der Waals surface area (Å²) in [6, 6.07) is 7.73. The quantitative estimate of drug-likeness (QED) is 0.752. The second kappa shape index (κ2) is 12.1. The second-order valence-electron chi connectivity index (χ2n) is 6.61. The van der Waals surface area contributed by atoms with Crippen LogP contribution in [0.3, 0.4) is 0 Å². The highest BCUT2D eigenvalue weighted by Crippen LogP contribution is 2.19. The zero-order valence-electron chi connectivity index (χ0n) is 15.4. The van der Waals surface area contributed by atoms with Crippen LogP contribution in [0.4, 0.5) is 0 Å². The smallest absolute Gasteiger partial charge is 0.253 e. The minimum Gasteiger partial charge on any atom is -0.355 e. The van der Waals surface area contributed by atoms with Crippen molar-refractivity contribution in [3.05, 3.63) is 35.4 Å². The second-order valence-corrected chi connectivity index (χ2v) is 6.61. The highest BCUT2D eigenvalue weighted by Gasteiger charge is 2.28. The number of nitrogens with one attached hydrogen (secondary N) is 1. The van der Waals surface area contributed by atoms with Crippen molar-refractivity contribution < 1.29 is 9.59 Å². The van der Waals surface area contributed by atoms with Crippen LogP contribution < -0.4 is 11.1 Å². The molecule has 3 N–H and O–H groups in total. The number of hydrogen-bond acceptors (Lipinski definition) is 4. The highest BCUT2D eigenvalue weighted by atomic mass is 35.5. The van der Waals surface area contributed by atoms with Gasteiger partial charge in [-0.05, 0) is 44.6 Å². The van der Waals surface area contributed by atoms with E-state index in [1.54, 1.807) is 4.90 Å². The largest absolute Gasteiger partial charge is 0.355 e. The van der Waals surface area contributed by atoms with E-state index >= 15 is 0 Å². The molecule has 2 rings (SSSR count). The molecular weight excluding hydrogens is 375 g/mol. The van der Waals surface area contributed by atoms with Crippen molar-refractivity contribution in [3.63, 3.8) is 0 Å². The number of rotatable bonds is 6. The van der Waals surface area contributed by atoms with Gasteiger partial charge in [0.1, 0.15) is 0 Å². The minimum atomic E-state index is -0.140. The van der Waals surface area contributed by atoms with Gasteiger partial charge in [-0.1, -0.05) is 12.1 Å². The summed E-state index contributed by atoms with van der Waals surface area (Å²) < 4.78 is 0. The fourth-order valence-corrected chi connectivity index (χ4v) is 3.07. The van der Waals surface area contributed by atoms with Gasteiger partial charge in [0.15, 0.2) is 0 Å². The number of carbonyl (C=O) groups excluding carboxylic acids is 2. The van der Waals surface area contributed by atoms with Gasteiger partial charge in [-0.25, -0.2) is 0 Å². The number of halogens is 2. The lowest BCUT2D eigenvalue weighted by Crippen LogP contribution is -2.46. The maximum absolute atomic E-state index is 12.8. The Morgan fingerprint density at radius 2 is 2.04 bits per heavy atom. The van der Waals surface area contributed by atoms with Crippen molar-refractivity contribution in [1.29, 1.82) is 0 Å². The zero-order valence-corrected chi connectivity index (χ0v) is 17.1. The summed E-state index contributed by atoms with van der Waals surface area (Å²) in [5, 5.41) is 2.82. The normalized spacial score (nSPS) is 16.5. The van der Waals surface area contributed by atoms with Crippen molar-refractivity contribution in [3.8, 4) is 0 Å². The van der Waals surface area contributed by atoms with E-state index in [1.807, 2.05) is 38.4 Å². The van der Waals surface area contributed by atoms with Gasteiger partial charge < -0.3 is 20.9 Å². The van der Waals surface area contributed by atoms with Crippen molar-refractivity contribution in [2.45, 2.75) is 19.4 Å². The van der Waals surface area contributed by atoms with Crippen molar-refractivity contribution in [2.24, 2.45) is 11.7 Å². The molecule has 1 aliphatic rings. The predicted molar refractivity (Wildman–Crippen MR) is 109 cm³/mol. The Labute approximate surface area is 168 Å². The highest BCUT2D eigenvalue weighted by molar-refractivity contribution is 5.95. The molecule has 2 amide bonds. The van der Waals surface area contributed by atoms with Gasteiger partial charge in [-0.15, -0.1) is 24.8 Å². The van der Waals surface area contributed by atoms with E-state index in [4.69, 9.17) is 5.73 Å². The first-order valence-corrected chi connectivity index (χ1v) is 8.52. The van der Waals surface area contributed by atoms with Gasteiger partial charge in [0, 0.05) is 38.3 Å². The summed E-state index contributed by atoms with van der Waals surface area (Å²) in [4.78, 5) is 28.8. The molecule has 1 aliphatic heterocycles. The van der Waals surface area contributed by atoms with E-state index in [1.165, 1.54) is 0 Å². The summed E-state index contributed by atoms with van der Waals surface area (Å²) in [6.07, 6.45) is 1.67. The van der Waals surface area contributed by atoms with Gasteiger partial charge >= 0.3 is 0 Å². The van der Waals surface area contributed by atoms with Crippen LogP contribution in [-0.4, -0.2) is 61.9 Å². The summed E-state index contributed by atoms with van der Waals surface area (Å²) in [5.41, 5.74) is 7.23. The van der Waals surface area contributed by atoms with Crippen LogP contribution >= 0.6 is 24.8 Å². The summed E-state index contributed by atoms with van der Waals surface area (Å²) in [5.74, 6) is -0.134. The van der Waals surface area contributed by atoms with Crippen LogP contribution in [0.2, 0.25) is 0 Å². The fraction of sp³-hybridized carbons (Fsp3) is 0.556. The standard InChI is InChI=1S/C18H28N4O2.2ClH/c1-21(2)12-14-5-3-6-15(11-14)18(24)22-10-4-7-16(13-22)17(23)20-9-8-19;;/h3,5-6,11,16H,4,7-10,12-13,19H2,1-2H3,(H,20,23);2*1H. The molecule has 1 aromatic rings. The molecule has 0 aliphatic carbocycles. The summed E-state index contributed by atoms with van der Waals surface area (Å²) in [6.45, 7) is 2.89. The monoisotopic (exact) mass is 404 g/mol. The molecule has 0 spiro atoms. The average molecular weight is 405 g/mol. The molecule has 1 heterocycles. The molecule has 0 radical (unpaired) electrons. The Morgan fingerprint density at radius 3 is 2.69 bits per heavy atom. The Morgan fingerprint density at radius 1 is 1.31 bits per heavy atom. The Hall–Kier alpha value is -1.34. The number of benzene rings is 1. The number of hydrogen-bond donors (Lipinski definition) is 2. The molecule has 0 bridgehead atoms. The zero-order chi connectivity index (χ0) is 17.5. The molecule has 1 atom stereocenters. The molecule has 0 aromatic heterocycles. The molecule has 148 valence electrons. The first kappa shape index (κ1) is 24.7. The maximum atomic E-state index is 12.8. The Kier molecular flexibility index (Phi) is 11.5. The molecule has 26 heavy (non-hydrogen) atoms. The van der Waals surface area contributed by atoms with Crippen LogP contribution in [0.25, 0.3) is 0 Å². The first-order chi connectivity index (χ1) is 11.5. The van der Waals surface area contributed by atoms with E-state index in [-0.39, 0.29) is 42.5 Å². The third-order valence-corrected chi connectivity index (χ3v) is 4.20. The lowest BCUT2D eigenvalue weighted by Gasteiger charge is -2.32. The molecule has 1 unspecified atom stereocenters. The van der Waals surface area contributed by atoms with Gasteiger partial charge in [0.05, 0.1) is 5.92 Å². The number of piperidine rings is 1. The van der Waals surface area contributed by atoms with Crippen LogP contribution in [0.15, 0.2) is 24.3 Å². The van der Waals surface area contributed by atoms with Crippen molar-refractivity contribution in [2.75, 3.05) is 40.3 Å². The molecule has 1 aromatic carbocycles. The van der Waals surface area contributed by atoms with Gasteiger partial charge in [-0.2, -0.15) is 0 Å². The predicted octanol–water partition coefficient (Wildman–Crippen LogP) is 1.52. The summed E-state index contributed by atoms with van der Waals surface area (Å²) >= 11 is 0. The van der Waals surface area contributed by atoms with Crippen LogP contribution in [-0.2, 0) is 11.3 Å². The third-order valence-electron chi connectivity index (χ3n) is 4.20. The van der Waals surface area contributed by atoms with E-state index in [2.05, 4.69) is 10.2 Å². The topological polar surface area (TPSA) is 78.7 Å². The maximum Gasteiger partial charge on any atom is 0.253 e. The van der Waals surface area contributed by atoms with E-state index in [9.17, 15) is 9.59 Å². The molecule has 6 nitrogen and oxygen atoms in total. The van der Waals surface area contributed by atoms with Crippen LogP contribution in [0.1, 0.15) is 28.8 Å². The molecule has 8 heteroatoms. The SMILES string of the molecule is CN(C)Cc1cccc(C(=O)N2CCCC(C(=O)NCCN)C2)c1.Cl.Cl. The van der Waals surface area contributed by atoms with E-state index in [0.29, 0.717) is 31.7 Å². The van der Waals surface area contributed by atoms with E-state index < -0.39 is 0 Å². The first-order valence-electron chi connectivity index (χ1n) is 8.52. The van der Waals surface area contributed by atoms with Gasteiger partial charge in [0.2, 0.25) is 5.91 Å². The van der Waals surface area contributed by atoms with Gasteiger partial charge in [0.25, 0.3) is 5.91 Å². The fourth-order valence-electron chi connectivity index (χ4n) is 3.07. The Bertz CT molecular complexity index is 584. The third kappa shape index (κ3) is 7.11. The van der Waals surface area contributed by atoms with Crippen molar-refractivity contribution >= 4 is 36.6 Å². The molecule has 1 saturated heterocycles. The van der Waals surface area contributed by atoms with Crippen molar-refractivity contribution in [1.82, 2.24) is 15.1 Å². The minimum absolute atomic E-state index is 0. The van der Waals surface area contributed by atoms with Gasteiger partial charge in [-0.3, -0.25) is 9.59 Å². The average Bonchev–Trinajstić information content (AvgIpc) is 2.58. The lowest BCUT2D eigenvalue weighted by atomic mass is 9.96. The number of likely N-dealkylation sites (tertiary alicyclic amines) is 1. The number of nitrogens with zero attached hydrogens (tertiary/aromatic N) is 2. The number of nitrogens with two attached hydrogens (primary N) is 1. The number of carbonyl (C=O) groups is 2. The van der Waals surface area contributed by atoms with E-state index in [0.717, 1.165) is 24.9 Å². The Balaban J connectivity index is 0.00000312. The molecule has 1 fully saturated rings. The lowest BCUT2D eigenvalue weighted by molar-refractivity contribution is -0.126. The van der Waals surface area contributed by atoms with Crippen LogP contribution in [0, 0.1) is 5.92 Å².